The quantitative estimate of drug-likeness (QED) is 0.823. The van der Waals surface area contributed by atoms with E-state index < -0.39 is 46.7 Å². The fraction of sp³-hybridized carbons (Fsp3) is 0.273. The van der Waals surface area contributed by atoms with Crippen molar-refractivity contribution in [1.29, 1.82) is 5.26 Å². The zero-order valence-corrected chi connectivity index (χ0v) is 9.75. The Kier molecular flexibility index (Phi) is 4.19. The van der Waals surface area contributed by atoms with Crippen LogP contribution in [0.25, 0.3) is 0 Å². The lowest BCUT2D eigenvalue weighted by Crippen LogP contribution is -2.21. The van der Waals surface area contributed by atoms with Crippen LogP contribution in [0.5, 0.6) is 0 Å². The summed E-state index contributed by atoms with van der Waals surface area (Å²) in [5, 5.41) is 26.4. The summed E-state index contributed by atoms with van der Waals surface area (Å²) in [5.74, 6) is -2.13. The minimum atomic E-state index is -5.38. The molecule has 21 heavy (non-hydrogen) atoms. The van der Waals surface area contributed by atoms with Crippen LogP contribution in [0, 0.1) is 11.3 Å². The number of hydrogen-bond donors (Lipinski definition) is 2. The molecule has 0 bridgehead atoms. The van der Waals surface area contributed by atoms with Gasteiger partial charge in [0.05, 0.1) is 22.8 Å². The summed E-state index contributed by atoms with van der Waals surface area (Å²) in [6.45, 7) is 0. The number of nitriles is 1. The number of carboxylic acids is 1. The molecule has 0 heterocycles. The van der Waals surface area contributed by atoms with E-state index in [2.05, 4.69) is 0 Å². The van der Waals surface area contributed by atoms with E-state index in [9.17, 15) is 36.2 Å². The summed E-state index contributed by atoms with van der Waals surface area (Å²) < 4.78 is 75.9. The van der Waals surface area contributed by atoms with Gasteiger partial charge < -0.3 is 10.2 Å². The fourth-order valence-electron chi connectivity index (χ4n) is 1.56. The van der Waals surface area contributed by atoms with Crippen LogP contribution in [0.2, 0.25) is 0 Å². The third kappa shape index (κ3) is 3.43. The van der Waals surface area contributed by atoms with Crippen LogP contribution in [0.1, 0.15) is 28.4 Å². The molecule has 114 valence electrons. The lowest BCUT2D eigenvalue weighted by atomic mass is 9.93. The molecule has 0 saturated carbocycles. The van der Waals surface area contributed by atoms with Gasteiger partial charge in [0.1, 0.15) is 0 Å². The largest absolute Gasteiger partial charge is 0.479 e. The van der Waals surface area contributed by atoms with Crippen molar-refractivity contribution in [1.82, 2.24) is 0 Å². The molecule has 0 aliphatic heterocycles. The molecule has 1 rings (SSSR count). The molecule has 0 saturated heterocycles. The van der Waals surface area contributed by atoms with E-state index in [1.165, 1.54) is 0 Å². The number of benzene rings is 1. The highest BCUT2D eigenvalue weighted by atomic mass is 19.4. The van der Waals surface area contributed by atoms with E-state index in [0.29, 0.717) is 0 Å². The van der Waals surface area contributed by atoms with Crippen molar-refractivity contribution < 1.29 is 41.4 Å². The maximum absolute atomic E-state index is 12.8. The van der Waals surface area contributed by atoms with Crippen molar-refractivity contribution in [2.75, 3.05) is 0 Å². The first-order valence-electron chi connectivity index (χ1n) is 5.03. The van der Waals surface area contributed by atoms with E-state index in [1.54, 1.807) is 0 Å². The zero-order valence-electron chi connectivity index (χ0n) is 9.75. The molecule has 0 aliphatic rings. The average Bonchev–Trinajstić information content (AvgIpc) is 2.33. The van der Waals surface area contributed by atoms with Gasteiger partial charge in [-0.3, -0.25) is 0 Å². The number of aliphatic carboxylic acids is 1. The van der Waals surface area contributed by atoms with Crippen LogP contribution in [-0.4, -0.2) is 16.2 Å². The minimum Gasteiger partial charge on any atom is -0.479 e. The second kappa shape index (κ2) is 5.25. The van der Waals surface area contributed by atoms with Gasteiger partial charge in [-0.25, -0.2) is 4.79 Å². The fourth-order valence-corrected chi connectivity index (χ4v) is 1.56. The van der Waals surface area contributed by atoms with E-state index >= 15 is 0 Å². The average molecular weight is 313 g/mol. The lowest BCUT2D eigenvalue weighted by molar-refractivity contribution is -0.149. The number of hydrogen-bond acceptors (Lipinski definition) is 3. The monoisotopic (exact) mass is 313 g/mol. The molecule has 0 fully saturated rings. The van der Waals surface area contributed by atoms with Crippen LogP contribution in [0.15, 0.2) is 12.1 Å². The first kappa shape index (κ1) is 16.8. The predicted octanol–water partition coefficient (Wildman–Crippen LogP) is 2.71. The highest BCUT2D eigenvalue weighted by Gasteiger charge is 2.42. The Hall–Kier alpha value is -2.28. The Bertz CT molecular complexity index is 614. The molecule has 1 unspecified atom stereocenters. The number of aliphatic hydroxyl groups excluding tert-OH is 1. The predicted molar refractivity (Wildman–Crippen MR) is 53.8 cm³/mol. The number of aliphatic hydroxyl groups is 1. The highest BCUT2D eigenvalue weighted by molar-refractivity contribution is 5.76. The second-order valence-electron chi connectivity index (χ2n) is 3.83. The summed E-state index contributed by atoms with van der Waals surface area (Å²) >= 11 is 0. The van der Waals surface area contributed by atoms with Gasteiger partial charge in [0.2, 0.25) is 0 Å². The van der Waals surface area contributed by atoms with Crippen LogP contribution in [-0.2, 0) is 17.1 Å². The topological polar surface area (TPSA) is 81.3 Å². The summed E-state index contributed by atoms with van der Waals surface area (Å²) in [7, 11) is 0. The molecule has 4 nitrogen and oxygen atoms in total. The first-order valence-corrected chi connectivity index (χ1v) is 5.03. The summed E-state index contributed by atoms with van der Waals surface area (Å²) in [6, 6.07) is 0.740. The molecule has 10 heteroatoms. The maximum atomic E-state index is 12.8. The van der Waals surface area contributed by atoms with Crippen molar-refractivity contribution in [2.24, 2.45) is 0 Å². The normalized spacial score (nSPS) is 13.6. The Morgan fingerprint density at radius 1 is 1.14 bits per heavy atom. The number of alkyl halides is 6. The van der Waals surface area contributed by atoms with E-state index in [1.807, 2.05) is 0 Å². The van der Waals surface area contributed by atoms with Crippen molar-refractivity contribution in [3.8, 4) is 6.07 Å². The molecule has 0 amide bonds. The first-order chi connectivity index (χ1) is 9.39. The second-order valence-corrected chi connectivity index (χ2v) is 3.83. The van der Waals surface area contributed by atoms with Crippen molar-refractivity contribution in [3.63, 3.8) is 0 Å². The number of nitrogens with zero attached hydrogens (tertiary/aromatic N) is 1. The Labute approximate surface area is 112 Å². The third-order valence-corrected chi connectivity index (χ3v) is 2.44. The molecule has 0 radical (unpaired) electrons. The van der Waals surface area contributed by atoms with Gasteiger partial charge in [0.25, 0.3) is 0 Å². The minimum absolute atomic E-state index is 0.0523. The number of rotatable bonds is 2. The van der Waals surface area contributed by atoms with E-state index in [4.69, 9.17) is 10.4 Å². The van der Waals surface area contributed by atoms with Gasteiger partial charge in [-0.1, -0.05) is 0 Å². The molecule has 1 atom stereocenters. The van der Waals surface area contributed by atoms with Crippen LogP contribution < -0.4 is 0 Å². The van der Waals surface area contributed by atoms with Gasteiger partial charge in [0.15, 0.2) is 6.10 Å². The Morgan fingerprint density at radius 3 is 2.00 bits per heavy atom. The third-order valence-electron chi connectivity index (χ3n) is 2.44. The molecule has 1 aromatic carbocycles. The van der Waals surface area contributed by atoms with Gasteiger partial charge in [-0.2, -0.15) is 31.6 Å². The molecule has 2 N–H and O–H groups in total. The van der Waals surface area contributed by atoms with E-state index in [0.717, 1.165) is 6.07 Å². The lowest BCUT2D eigenvalue weighted by Gasteiger charge is -2.19. The van der Waals surface area contributed by atoms with Gasteiger partial charge in [0, 0.05) is 5.56 Å². The smallest absolute Gasteiger partial charge is 0.416 e. The highest BCUT2D eigenvalue weighted by Crippen LogP contribution is 2.40. The number of carboxylic acid groups (broad SMARTS) is 1. The summed E-state index contributed by atoms with van der Waals surface area (Å²) in [5.41, 5.74) is -6.44. The van der Waals surface area contributed by atoms with Crippen LogP contribution in [0.3, 0.4) is 0 Å². The standard InChI is InChI=1S/C11H5F6NO3/c12-10(13,14)5-1-4(3-18)7(8(19)9(20)21)6(2-5)11(15,16)17/h1-2,8,19H,(H,20,21). The van der Waals surface area contributed by atoms with Crippen molar-refractivity contribution >= 4 is 5.97 Å². The van der Waals surface area contributed by atoms with Crippen LogP contribution >= 0.6 is 0 Å². The summed E-state index contributed by atoms with van der Waals surface area (Å²) in [4.78, 5) is 10.6. The Balaban J connectivity index is 3.78. The van der Waals surface area contributed by atoms with Gasteiger partial charge in [-0.05, 0) is 12.1 Å². The SMILES string of the molecule is N#Cc1cc(C(F)(F)F)cc(C(F)(F)F)c1C(O)C(=O)O. The number of halogens is 6. The number of carbonyl (C=O) groups is 1. The molecule has 0 aromatic heterocycles. The van der Waals surface area contributed by atoms with Crippen molar-refractivity contribution in [2.45, 2.75) is 18.5 Å². The van der Waals surface area contributed by atoms with Crippen LogP contribution in [0.4, 0.5) is 26.3 Å². The molecule has 0 spiro atoms. The van der Waals surface area contributed by atoms with E-state index in [-0.39, 0.29) is 12.1 Å². The molecule has 0 aliphatic carbocycles. The summed E-state index contributed by atoms with van der Waals surface area (Å²) in [6.07, 6.45) is -13.3. The molecular weight excluding hydrogens is 308 g/mol. The van der Waals surface area contributed by atoms with Gasteiger partial charge in [-0.15, -0.1) is 0 Å². The molecule has 1 aromatic rings. The zero-order chi connectivity index (χ0) is 16.6. The van der Waals surface area contributed by atoms with Crippen molar-refractivity contribution in [3.05, 3.63) is 34.4 Å². The maximum Gasteiger partial charge on any atom is 0.416 e. The molecular formula is C11H5F6NO3. The Morgan fingerprint density at radius 2 is 1.67 bits per heavy atom. The van der Waals surface area contributed by atoms with Gasteiger partial charge >= 0.3 is 18.3 Å².